The molecule has 6 aliphatic rings. The van der Waals surface area contributed by atoms with E-state index in [1.165, 1.54) is 44.6 Å². The van der Waals surface area contributed by atoms with E-state index < -0.39 is 6.03 Å². The SMILES string of the molecule is C1=CCC(C2=CC=C(c3ccc4c(c3)C=NC3(N=Cc5cc(C6=CC=C(C7=CC=CC7)C6)ccc5O3)O4)C2)=C1. The molecular formula is C35H26N2O2. The molecule has 0 fully saturated rings. The highest BCUT2D eigenvalue weighted by Crippen LogP contribution is 2.40. The number of nitrogens with zero attached hydrogens (tertiary/aromatic N) is 2. The van der Waals surface area contributed by atoms with Gasteiger partial charge in [-0.05, 0) is 94.5 Å². The van der Waals surface area contributed by atoms with Crippen LogP contribution in [0.3, 0.4) is 0 Å². The zero-order valence-corrected chi connectivity index (χ0v) is 21.4. The molecule has 8 rings (SSSR count). The third-order valence-corrected chi connectivity index (χ3v) is 8.08. The summed E-state index contributed by atoms with van der Waals surface area (Å²) in [6.07, 6.45) is 29.6. The molecule has 2 aliphatic heterocycles. The predicted octanol–water partition coefficient (Wildman–Crippen LogP) is 7.82. The quantitative estimate of drug-likeness (QED) is 0.424. The first-order chi connectivity index (χ1) is 19.2. The van der Waals surface area contributed by atoms with Gasteiger partial charge in [0.05, 0.1) is 0 Å². The summed E-state index contributed by atoms with van der Waals surface area (Å²) in [7, 11) is 0. The summed E-state index contributed by atoms with van der Waals surface area (Å²) in [4.78, 5) is 9.22. The summed E-state index contributed by atoms with van der Waals surface area (Å²) in [6, 6.07) is 11.1. The van der Waals surface area contributed by atoms with Gasteiger partial charge in [0.25, 0.3) is 0 Å². The molecule has 188 valence electrons. The monoisotopic (exact) mass is 506 g/mol. The van der Waals surface area contributed by atoms with E-state index in [1.807, 2.05) is 24.6 Å². The first-order valence-electron chi connectivity index (χ1n) is 13.5. The van der Waals surface area contributed by atoms with Gasteiger partial charge < -0.3 is 9.47 Å². The van der Waals surface area contributed by atoms with Gasteiger partial charge in [-0.25, -0.2) is 0 Å². The van der Waals surface area contributed by atoms with Crippen LogP contribution in [0.2, 0.25) is 0 Å². The van der Waals surface area contributed by atoms with Crippen LogP contribution in [0.5, 0.6) is 11.5 Å². The fraction of sp³-hybridized carbons (Fsp3) is 0.143. The molecule has 0 N–H and O–H groups in total. The lowest BCUT2D eigenvalue weighted by molar-refractivity contribution is -0.102. The van der Waals surface area contributed by atoms with Crippen molar-refractivity contribution in [1.82, 2.24) is 0 Å². The van der Waals surface area contributed by atoms with Gasteiger partial charge in [0.15, 0.2) is 0 Å². The highest BCUT2D eigenvalue weighted by molar-refractivity contribution is 5.90. The van der Waals surface area contributed by atoms with E-state index in [2.05, 4.69) is 95.0 Å². The number of hydrogen-bond donors (Lipinski definition) is 0. The minimum absolute atomic E-state index is 0.714. The molecule has 0 saturated carbocycles. The summed E-state index contributed by atoms with van der Waals surface area (Å²) in [5.41, 5.74) is 12.4. The molecule has 2 aromatic carbocycles. The number of aliphatic imine (C=N–C) groups is 2. The summed E-state index contributed by atoms with van der Waals surface area (Å²) < 4.78 is 12.5. The molecule has 0 aromatic heterocycles. The second-order valence-corrected chi connectivity index (χ2v) is 10.5. The lowest BCUT2D eigenvalue weighted by Crippen LogP contribution is -2.42. The summed E-state index contributed by atoms with van der Waals surface area (Å²) >= 11 is 0. The molecule has 0 unspecified atom stereocenters. The van der Waals surface area contributed by atoms with Crippen LogP contribution in [0.25, 0.3) is 11.1 Å². The topological polar surface area (TPSA) is 43.2 Å². The van der Waals surface area contributed by atoms with E-state index in [1.54, 1.807) is 0 Å². The molecule has 2 heterocycles. The van der Waals surface area contributed by atoms with E-state index in [4.69, 9.17) is 9.47 Å². The number of rotatable bonds is 4. The maximum atomic E-state index is 6.24. The molecule has 4 heteroatoms. The Morgan fingerprint density at radius 2 is 1.03 bits per heavy atom. The highest BCUT2D eigenvalue weighted by atomic mass is 16.7. The van der Waals surface area contributed by atoms with Crippen LogP contribution >= 0.6 is 0 Å². The van der Waals surface area contributed by atoms with Crippen molar-refractivity contribution in [3.63, 3.8) is 0 Å². The van der Waals surface area contributed by atoms with Gasteiger partial charge in [-0.2, -0.15) is 9.98 Å². The Kier molecular flexibility index (Phi) is 4.96. The standard InChI is InChI=1S/C35H26N2O2/c1-2-6-23(5-1)25-9-11-27(17-25)29-13-15-33-31(19-29)21-36-35(38-33)37-22-32-20-30(14-16-34(32)39-35)28-12-10-26(18-28)24-7-3-4-8-24/h1-5,7,9-16,19-22H,6,8,17-18H2. The van der Waals surface area contributed by atoms with E-state index in [9.17, 15) is 0 Å². The van der Waals surface area contributed by atoms with E-state index >= 15 is 0 Å². The molecule has 0 amide bonds. The summed E-state index contributed by atoms with van der Waals surface area (Å²) in [5, 5.41) is 0. The number of benzene rings is 2. The lowest BCUT2D eigenvalue weighted by Gasteiger charge is -2.32. The number of hydrogen-bond acceptors (Lipinski definition) is 4. The molecule has 1 spiro atoms. The fourth-order valence-electron chi connectivity index (χ4n) is 5.89. The summed E-state index contributed by atoms with van der Waals surface area (Å²) in [6.45, 7) is 0. The van der Waals surface area contributed by atoms with Crippen molar-refractivity contribution in [2.24, 2.45) is 9.98 Å². The molecule has 0 atom stereocenters. The predicted molar refractivity (Wildman–Crippen MR) is 157 cm³/mol. The first kappa shape index (κ1) is 22.3. The van der Waals surface area contributed by atoms with Crippen LogP contribution in [0.15, 0.2) is 129 Å². The van der Waals surface area contributed by atoms with Crippen molar-refractivity contribution in [2.45, 2.75) is 31.7 Å². The van der Waals surface area contributed by atoms with Gasteiger partial charge in [0.2, 0.25) is 0 Å². The Balaban J connectivity index is 0.973. The number of allylic oxidation sites excluding steroid dienone is 16. The third kappa shape index (κ3) is 3.91. The Hall–Kier alpha value is -4.70. The second kappa shape index (κ2) is 8.67. The molecular weight excluding hydrogens is 480 g/mol. The van der Waals surface area contributed by atoms with Crippen LogP contribution < -0.4 is 9.47 Å². The number of ether oxygens (including phenoxy) is 2. The van der Waals surface area contributed by atoms with Gasteiger partial charge in [0, 0.05) is 23.6 Å². The van der Waals surface area contributed by atoms with Gasteiger partial charge in [0.1, 0.15) is 11.5 Å². The van der Waals surface area contributed by atoms with Crippen molar-refractivity contribution in [3.05, 3.63) is 142 Å². The minimum Gasteiger partial charge on any atom is -0.415 e. The molecule has 0 bridgehead atoms. The molecule has 0 radical (unpaired) electrons. The molecule has 4 aliphatic carbocycles. The first-order valence-corrected chi connectivity index (χ1v) is 13.5. The van der Waals surface area contributed by atoms with Crippen molar-refractivity contribution >= 4 is 23.6 Å². The van der Waals surface area contributed by atoms with Gasteiger partial charge in [-0.15, -0.1) is 0 Å². The maximum Gasteiger partial charge on any atom is 0.471 e. The second-order valence-electron chi connectivity index (χ2n) is 10.5. The average molecular weight is 507 g/mol. The largest absolute Gasteiger partial charge is 0.471 e. The van der Waals surface area contributed by atoms with Gasteiger partial charge in [-0.3, -0.25) is 0 Å². The third-order valence-electron chi connectivity index (χ3n) is 8.08. The van der Waals surface area contributed by atoms with Gasteiger partial charge in [-0.1, -0.05) is 72.9 Å². The van der Waals surface area contributed by atoms with Crippen LogP contribution in [-0.2, 0) is 0 Å². The van der Waals surface area contributed by atoms with Crippen LogP contribution in [0, 0.1) is 0 Å². The van der Waals surface area contributed by atoms with Crippen molar-refractivity contribution in [1.29, 1.82) is 0 Å². The minimum atomic E-state index is -1.42. The van der Waals surface area contributed by atoms with Crippen molar-refractivity contribution in [2.75, 3.05) is 0 Å². The average Bonchev–Trinajstić information content (AvgIpc) is 3.79. The van der Waals surface area contributed by atoms with Crippen LogP contribution in [0.1, 0.15) is 47.9 Å². The van der Waals surface area contributed by atoms with E-state index in [0.717, 1.165) is 36.8 Å². The molecule has 0 saturated heterocycles. The zero-order valence-electron chi connectivity index (χ0n) is 21.4. The Labute approximate surface area is 227 Å². The smallest absolute Gasteiger partial charge is 0.415 e. The van der Waals surface area contributed by atoms with Gasteiger partial charge >= 0.3 is 6.03 Å². The van der Waals surface area contributed by atoms with Crippen LogP contribution in [0.4, 0.5) is 0 Å². The molecule has 4 nitrogen and oxygen atoms in total. The van der Waals surface area contributed by atoms with E-state index in [-0.39, 0.29) is 0 Å². The van der Waals surface area contributed by atoms with E-state index in [0.29, 0.717) is 11.5 Å². The Morgan fingerprint density at radius 3 is 1.49 bits per heavy atom. The lowest BCUT2D eigenvalue weighted by atomic mass is 9.97. The Morgan fingerprint density at radius 1 is 0.538 bits per heavy atom. The summed E-state index contributed by atoms with van der Waals surface area (Å²) in [5.74, 6) is 1.43. The maximum absolute atomic E-state index is 6.24. The van der Waals surface area contributed by atoms with Crippen LogP contribution in [-0.4, -0.2) is 18.5 Å². The fourth-order valence-corrected chi connectivity index (χ4v) is 5.89. The highest BCUT2D eigenvalue weighted by Gasteiger charge is 2.40. The zero-order chi connectivity index (χ0) is 25.8. The molecule has 39 heavy (non-hydrogen) atoms. The van der Waals surface area contributed by atoms with Crippen molar-refractivity contribution in [3.8, 4) is 11.5 Å². The van der Waals surface area contributed by atoms with Crippen molar-refractivity contribution < 1.29 is 9.47 Å². The normalized spacial score (nSPS) is 21.0. The molecule has 2 aromatic rings. The number of fused-ring (bicyclic) bond motifs is 2. The Bertz CT molecular complexity index is 1620.